The van der Waals surface area contributed by atoms with Gasteiger partial charge in [0.15, 0.2) is 0 Å². The van der Waals surface area contributed by atoms with Crippen molar-refractivity contribution in [2.24, 2.45) is 5.10 Å². The van der Waals surface area contributed by atoms with Gasteiger partial charge in [-0.15, -0.1) is 0 Å². The van der Waals surface area contributed by atoms with Crippen molar-refractivity contribution in [3.8, 4) is 11.5 Å². The lowest BCUT2D eigenvalue weighted by Gasteiger charge is -2.07. The van der Waals surface area contributed by atoms with Gasteiger partial charge >= 0.3 is 0 Å². The molecule has 90 valence electrons. The molecule has 7 nitrogen and oxygen atoms in total. The van der Waals surface area contributed by atoms with Crippen LogP contribution in [0.3, 0.4) is 0 Å². The Balaban J connectivity index is 1.88. The van der Waals surface area contributed by atoms with Gasteiger partial charge < -0.3 is 4.52 Å². The minimum atomic E-state index is -0.108. The largest absolute Gasteiger partial charge is 0.332 e. The summed E-state index contributed by atoms with van der Waals surface area (Å²) in [4.78, 5) is 19.3. The van der Waals surface area contributed by atoms with Gasteiger partial charge in [-0.25, -0.2) is 5.43 Å². The van der Waals surface area contributed by atoms with Gasteiger partial charge in [0, 0.05) is 19.0 Å². The Hall–Kier alpha value is -2.57. The predicted octanol–water partition coefficient (Wildman–Crippen LogP) is 0.746. The van der Waals surface area contributed by atoms with Crippen molar-refractivity contribution >= 4 is 11.6 Å². The van der Waals surface area contributed by atoms with Gasteiger partial charge in [0.25, 0.3) is 5.89 Å². The second kappa shape index (κ2) is 4.36. The lowest BCUT2D eigenvalue weighted by atomic mass is 10.2. The molecule has 0 bridgehead atoms. The van der Waals surface area contributed by atoms with Crippen LogP contribution in [-0.2, 0) is 4.79 Å². The maximum atomic E-state index is 11.0. The molecule has 1 aliphatic rings. The number of amides is 1. The third kappa shape index (κ3) is 1.97. The highest BCUT2D eigenvalue weighted by atomic mass is 16.5. The number of carbonyl (C=O) groups excluding carboxylic acids is 1. The molecule has 1 aliphatic heterocycles. The number of hydrazone groups is 1. The van der Waals surface area contributed by atoms with Crippen LogP contribution in [0.4, 0.5) is 0 Å². The highest BCUT2D eigenvalue weighted by Crippen LogP contribution is 2.14. The van der Waals surface area contributed by atoms with E-state index in [9.17, 15) is 4.79 Å². The van der Waals surface area contributed by atoms with E-state index in [1.807, 2.05) is 12.1 Å². The number of rotatable bonds is 2. The van der Waals surface area contributed by atoms with Crippen LogP contribution in [0.15, 0.2) is 34.0 Å². The summed E-state index contributed by atoms with van der Waals surface area (Å²) in [6.45, 7) is 0. The molecule has 0 aliphatic carbocycles. The summed E-state index contributed by atoms with van der Waals surface area (Å²) in [6.07, 6.45) is 2.53. The predicted molar refractivity (Wildman–Crippen MR) is 61.4 cm³/mol. The van der Waals surface area contributed by atoms with Gasteiger partial charge in [0.1, 0.15) is 11.4 Å². The third-order valence-corrected chi connectivity index (χ3v) is 2.47. The molecule has 0 saturated heterocycles. The van der Waals surface area contributed by atoms with Gasteiger partial charge in [-0.05, 0) is 12.1 Å². The van der Waals surface area contributed by atoms with Crippen LogP contribution in [0.25, 0.3) is 11.5 Å². The third-order valence-electron chi connectivity index (χ3n) is 2.47. The fraction of sp³-hybridized carbons (Fsp3) is 0.182. The molecule has 2 aromatic rings. The summed E-state index contributed by atoms with van der Waals surface area (Å²) in [6, 6.07) is 5.45. The molecule has 0 spiro atoms. The summed E-state index contributed by atoms with van der Waals surface area (Å²) in [5.41, 5.74) is 3.60. The molecule has 3 rings (SSSR count). The highest BCUT2D eigenvalue weighted by molar-refractivity contribution is 6.01. The quantitative estimate of drug-likeness (QED) is 0.839. The minimum Gasteiger partial charge on any atom is -0.332 e. The van der Waals surface area contributed by atoms with Gasteiger partial charge in [-0.3, -0.25) is 9.78 Å². The number of nitrogens with zero attached hydrogens (tertiary/aromatic N) is 4. The van der Waals surface area contributed by atoms with E-state index in [2.05, 4.69) is 25.7 Å². The number of hydrogen-bond donors (Lipinski definition) is 1. The van der Waals surface area contributed by atoms with Crippen LogP contribution in [0.1, 0.15) is 18.7 Å². The Labute approximate surface area is 102 Å². The van der Waals surface area contributed by atoms with Crippen molar-refractivity contribution in [3.63, 3.8) is 0 Å². The minimum absolute atomic E-state index is 0.108. The summed E-state index contributed by atoms with van der Waals surface area (Å²) < 4.78 is 5.11. The molecule has 0 radical (unpaired) electrons. The molecule has 0 saturated carbocycles. The zero-order chi connectivity index (χ0) is 12.4. The fourth-order valence-corrected chi connectivity index (χ4v) is 1.57. The highest BCUT2D eigenvalue weighted by Gasteiger charge is 2.19. The molecule has 1 amide bonds. The first-order valence-electron chi connectivity index (χ1n) is 5.44. The van der Waals surface area contributed by atoms with E-state index < -0.39 is 0 Å². The molecule has 2 aromatic heterocycles. The van der Waals surface area contributed by atoms with Crippen molar-refractivity contribution < 1.29 is 9.32 Å². The number of pyridine rings is 1. The van der Waals surface area contributed by atoms with Crippen LogP contribution >= 0.6 is 0 Å². The average molecular weight is 243 g/mol. The fourth-order valence-electron chi connectivity index (χ4n) is 1.57. The maximum Gasteiger partial charge on any atom is 0.274 e. The van der Waals surface area contributed by atoms with Crippen LogP contribution in [0.2, 0.25) is 0 Å². The first kappa shape index (κ1) is 10.6. The topological polar surface area (TPSA) is 93.3 Å². The molecule has 0 atom stereocenters. The molecule has 7 heteroatoms. The van der Waals surface area contributed by atoms with E-state index in [0.29, 0.717) is 36.0 Å². The Morgan fingerprint density at radius 1 is 1.28 bits per heavy atom. The van der Waals surface area contributed by atoms with E-state index in [1.54, 1.807) is 12.3 Å². The van der Waals surface area contributed by atoms with Gasteiger partial charge in [-0.2, -0.15) is 10.1 Å². The van der Waals surface area contributed by atoms with Crippen LogP contribution in [-0.4, -0.2) is 26.7 Å². The monoisotopic (exact) mass is 243 g/mol. The molecule has 3 heterocycles. The maximum absolute atomic E-state index is 11.0. The Kier molecular flexibility index (Phi) is 2.56. The lowest BCUT2D eigenvalue weighted by Crippen LogP contribution is -2.26. The summed E-state index contributed by atoms with van der Waals surface area (Å²) >= 11 is 0. The van der Waals surface area contributed by atoms with Crippen LogP contribution < -0.4 is 5.43 Å². The Morgan fingerprint density at radius 3 is 2.94 bits per heavy atom. The molecule has 0 unspecified atom stereocenters. The van der Waals surface area contributed by atoms with Gasteiger partial charge in [0.05, 0.1) is 0 Å². The number of carbonyl (C=O) groups is 1. The van der Waals surface area contributed by atoms with Crippen molar-refractivity contribution in [2.45, 2.75) is 12.8 Å². The Bertz CT molecular complexity index is 605. The van der Waals surface area contributed by atoms with Gasteiger partial charge in [0.2, 0.25) is 11.7 Å². The first-order chi connectivity index (χ1) is 8.83. The first-order valence-corrected chi connectivity index (χ1v) is 5.44. The second-order valence-corrected chi connectivity index (χ2v) is 3.73. The summed E-state index contributed by atoms with van der Waals surface area (Å²) in [5.74, 6) is 0.615. The smallest absolute Gasteiger partial charge is 0.274 e. The normalized spacial score (nSPS) is 15.1. The summed E-state index contributed by atoms with van der Waals surface area (Å²) in [7, 11) is 0. The Morgan fingerprint density at radius 2 is 2.22 bits per heavy atom. The van der Waals surface area contributed by atoms with Gasteiger partial charge in [-0.1, -0.05) is 11.2 Å². The number of nitrogens with one attached hydrogen (secondary N) is 1. The SMILES string of the molecule is O=C1CCC(c2nc(-c3ccccn3)no2)=NN1. The van der Waals surface area contributed by atoms with Crippen molar-refractivity contribution in [1.82, 2.24) is 20.6 Å². The molecular weight excluding hydrogens is 234 g/mol. The number of aromatic nitrogens is 3. The molecular formula is C11H9N5O2. The van der Waals surface area contributed by atoms with Crippen LogP contribution in [0, 0.1) is 0 Å². The zero-order valence-corrected chi connectivity index (χ0v) is 9.33. The number of hydrogen-bond acceptors (Lipinski definition) is 6. The zero-order valence-electron chi connectivity index (χ0n) is 9.33. The van der Waals surface area contributed by atoms with E-state index in [0.717, 1.165) is 0 Å². The summed E-state index contributed by atoms with van der Waals surface area (Å²) in [5, 5.41) is 7.73. The van der Waals surface area contributed by atoms with Crippen LogP contribution in [0.5, 0.6) is 0 Å². The van der Waals surface area contributed by atoms with E-state index in [1.165, 1.54) is 0 Å². The molecule has 18 heavy (non-hydrogen) atoms. The second-order valence-electron chi connectivity index (χ2n) is 3.73. The van der Waals surface area contributed by atoms with E-state index >= 15 is 0 Å². The standard InChI is InChI=1S/C11H9N5O2/c17-9-5-4-8(14-15-9)11-13-10(16-18-11)7-3-1-2-6-12-7/h1-3,6H,4-5H2,(H,15,17). The lowest BCUT2D eigenvalue weighted by molar-refractivity contribution is -0.121. The molecule has 0 aromatic carbocycles. The van der Waals surface area contributed by atoms with Crippen molar-refractivity contribution in [2.75, 3.05) is 0 Å². The van der Waals surface area contributed by atoms with E-state index in [4.69, 9.17) is 4.52 Å². The van der Waals surface area contributed by atoms with Crippen molar-refractivity contribution in [1.29, 1.82) is 0 Å². The molecule has 1 N–H and O–H groups in total. The average Bonchev–Trinajstić information content (AvgIpc) is 2.90. The van der Waals surface area contributed by atoms with E-state index in [-0.39, 0.29) is 5.91 Å². The molecule has 0 fully saturated rings. The van der Waals surface area contributed by atoms with Crippen molar-refractivity contribution in [3.05, 3.63) is 30.3 Å².